The summed E-state index contributed by atoms with van der Waals surface area (Å²) in [5.74, 6) is 0.146. The van der Waals surface area contributed by atoms with Gasteiger partial charge in [0.25, 0.3) is 0 Å². The fourth-order valence-electron chi connectivity index (χ4n) is 0.488. The molecule has 0 aliphatic heterocycles. The van der Waals surface area contributed by atoms with Crippen molar-refractivity contribution in [2.75, 3.05) is 0 Å². The molecule has 0 bridgehead atoms. The highest BCUT2D eigenvalue weighted by atomic mass is 16.3. The van der Waals surface area contributed by atoms with E-state index >= 15 is 0 Å². The van der Waals surface area contributed by atoms with Crippen LogP contribution in [0.5, 0.6) is 5.75 Å². The number of phenolic OH excluding ortho intramolecular Hbond substituents is 1. The molecule has 2 radical (unpaired) electrons. The first kappa shape index (κ1) is 15.0. The summed E-state index contributed by atoms with van der Waals surface area (Å²) in [5, 5.41) is 27.0. The van der Waals surface area contributed by atoms with Gasteiger partial charge in [-0.2, -0.15) is 0 Å². The van der Waals surface area contributed by atoms with Gasteiger partial charge in [-0.3, -0.25) is 0 Å². The molecule has 0 aliphatic rings. The monoisotopic (exact) mass is 222 g/mol. The summed E-state index contributed by atoms with van der Waals surface area (Å²) in [6, 6.07) is 6.70. The standard InChI is InChI=1S/C6H5BO.C6H14O2/c7-5-3-1-2-4-6(5)8;1-5(2,7)6(3,4)8/h1-4,8H;7-8H,1-4H3. The first-order valence-electron chi connectivity index (χ1n) is 5.04. The molecule has 0 amide bonds. The van der Waals surface area contributed by atoms with Gasteiger partial charge in [-0.05, 0) is 33.8 Å². The number of rotatable bonds is 1. The SMILES string of the molecule is CC(C)(O)C(C)(C)O.[B]c1ccccc1O. The number of hydrogen-bond acceptors (Lipinski definition) is 3. The Morgan fingerprint density at radius 3 is 1.50 bits per heavy atom. The van der Waals surface area contributed by atoms with Crippen molar-refractivity contribution in [3.8, 4) is 5.75 Å². The summed E-state index contributed by atoms with van der Waals surface area (Å²) < 4.78 is 0. The molecule has 0 atom stereocenters. The number of phenols is 1. The van der Waals surface area contributed by atoms with Crippen molar-refractivity contribution in [3.63, 3.8) is 0 Å². The number of hydrogen-bond donors (Lipinski definition) is 3. The van der Waals surface area contributed by atoms with Crippen LogP contribution in [-0.2, 0) is 0 Å². The Balaban J connectivity index is 0.000000281. The van der Waals surface area contributed by atoms with Crippen LogP contribution < -0.4 is 5.46 Å². The van der Waals surface area contributed by atoms with Crippen LogP contribution in [0.25, 0.3) is 0 Å². The van der Waals surface area contributed by atoms with Crippen molar-refractivity contribution in [2.24, 2.45) is 0 Å². The van der Waals surface area contributed by atoms with Crippen molar-refractivity contribution in [1.29, 1.82) is 0 Å². The molecule has 1 rings (SSSR count). The minimum Gasteiger partial charge on any atom is -0.509 e. The summed E-state index contributed by atoms with van der Waals surface area (Å²) in [6.45, 7) is 6.31. The molecule has 0 saturated carbocycles. The Bertz CT molecular complexity index is 291. The van der Waals surface area contributed by atoms with Gasteiger partial charge in [0.2, 0.25) is 0 Å². The van der Waals surface area contributed by atoms with Crippen LogP contribution in [0.15, 0.2) is 24.3 Å². The maximum absolute atomic E-state index is 9.10. The predicted molar refractivity (Wildman–Crippen MR) is 66.1 cm³/mol. The quantitative estimate of drug-likeness (QED) is 0.613. The van der Waals surface area contributed by atoms with Crippen molar-refractivity contribution >= 4 is 13.3 Å². The number of benzene rings is 1. The third kappa shape index (κ3) is 5.19. The van der Waals surface area contributed by atoms with Crippen LogP contribution in [0, 0.1) is 0 Å². The van der Waals surface area contributed by atoms with E-state index in [1.807, 2.05) is 0 Å². The maximum atomic E-state index is 9.10. The molecule has 1 aromatic carbocycles. The molecular weight excluding hydrogens is 203 g/mol. The Labute approximate surface area is 98.2 Å². The van der Waals surface area contributed by atoms with Gasteiger partial charge in [0.05, 0.1) is 11.2 Å². The summed E-state index contributed by atoms with van der Waals surface area (Å²) in [4.78, 5) is 0. The molecule has 3 nitrogen and oxygen atoms in total. The van der Waals surface area contributed by atoms with E-state index in [1.165, 1.54) is 0 Å². The number of aromatic hydroxyl groups is 1. The normalized spacial score (nSPS) is 11.6. The van der Waals surface area contributed by atoms with E-state index in [4.69, 9.17) is 23.2 Å². The van der Waals surface area contributed by atoms with Crippen LogP contribution in [0.1, 0.15) is 27.7 Å². The zero-order valence-corrected chi connectivity index (χ0v) is 10.2. The maximum Gasteiger partial charge on any atom is 0.118 e. The summed E-state index contributed by atoms with van der Waals surface area (Å²) in [6.07, 6.45) is 0. The van der Waals surface area contributed by atoms with Crippen molar-refractivity contribution < 1.29 is 15.3 Å². The fraction of sp³-hybridized carbons (Fsp3) is 0.500. The van der Waals surface area contributed by atoms with Crippen molar-refractivity contribution in [1.82, 2.24) is 0 Å². The lowest BCUT2D eigenvalue weighted by Gasteiger charge is -2.31. The molecule has 0 aromatic heterocycles. The van der Waals surface area contributed by atoms with Crippen LogP contribution in [-0.4, -0.2) is 34.4 Å². The van der Waals surface area contributed by atoms with Gasteiger partial charge in [-0.1, -0.05) is 23.7 Å². The molecule has 0 unspecified atom stereocenters. The van der Waals surface area contributed by atoms with Crippen LogP contribution >= 0.6 is 0 Å². The summed E-state index contributed by atoms with van der Waals surface area (Å²) in [7, 11) is 5.27. The highest BCUT2D eigenvalue weighted by Crippen LogP contribution is 2.19. The average Bonchev–Trinajstić information content (AvgIpc) is 2.08. The molecule has 4 heteroatoms. The molecular formula is C12H19BO3. The fourth-order valence-corrected chi connectivity index (χ4v) is 0.488. The Morgan fingerprint density at radius 1 is 0.938 bits per heavy atom. The molecule has 0 saturated heterocycles. The highest BCUT2D eigenvalue weighted by Gasteiger charge is 2.31. The molecule has 3 N–H and O–H groups in total. The van der Waals surface area contributed by atoms with E-state index in [0.717, 1.165) is 0 Å². The second-order valence-electron chi connectivity index (χ2n) is 4.68. The van der Waals surface area contributed by atoms with E-state index in [2.05, 4.69) is 0 Å². The van der Waals surface area contributed by atoms with Crippen LogP contribution in [0.4, 0.5) is 0 Å². The molecule has 88 valence electrons. The van der Waals surface area contributed by atoms with E-state index in [-0.39, 0.29) is 5.75 Å². The van der Waals surface area contributed by atoms with Gasteiger partial charge in [-0.15, -0.1) is 0 Å². The van der Waals surface area contributed by atoms with Crippen molar-refractivity contribution in [2.45, 2.75) is 38.9 Å². The molecule has 0 aliphatic carbocycles. The first-order chi connectivity index (χ1) is 7.05. The van der Waals surface area contributed by atoms with E-state index in [0.29, 0.717) is 5.46 Å². The third-order valence-electron chi connectivity index (χ3n) is 2.43. The highest BCUT2D eigenvalue weighted by molar-refractivity contribution is 6.34. The molecule has 0 heterocycles. The molecule has 16 heavy (non-hydrogen) atoms. The summed E-state index contributed by atoms with van der Waals surface area (Å²) >= 11 is 0. The zero-order valence-electron chi connectivity index (χ0n) is 10.2. The van der Waals surface area contributed by atoms with E-state index < -0.39 is 11.2 Å². The van der Waals surface area contributed by atoms with E-state index in [9.17, 15) is 0 Å². The average molecular weight is 222 g/mol. The second kappa shape index (κ2) is 5.37. The lowest BCUT2D eigenvalue weighted by atomic mass is 9.90. The first-order valence-corrected chi connectivity index (χ1v) is 5.04. The number of aliphatic hydroxyl groups is 2. The molecule has 0 spiro atoms. The third-order valence-corrected chi connectivity index (χ3v) is 2.43. The predicted octanol–water partition coefficient (Wildman–Crippen LogP) is 0.714. The number of para-hydroxylation sites is 1. The van der Waals surface area contributed by atoms with Gasteiger partial charge in [0.15, 0.2) is 0 Å². The van der Waals surface area contributed by atoms with Gasteiger partial charge in [-0.25, -0.2) is 0 Å². The van der Waals surface area contributed by atoms with Gasteiger partial charge in [0.1, 0.15) is 13.6 Å². The second-order valence-corrected chi connectivity index (χ2v) is 4.68. The van der Waals surface area contributed by atoms with Crippen LogP contribution in [0.3, 0.4) is 0 Å². The lowest BCUT2D eigenvalue weighted by molar-refractivity contribution is -0.107. The smallest absolute Gasteiger partial charge is 0.118 e. The zero-order chi connectivity index (χ0) is 13.0. The summed E-state index contributed by atoms with van der Waals surface area (Å²) in [5.41, 5.74) is -1.59. The van der Waals surface area contributed by atoms with E-state index in [1.54, 1.807) is 52.0 Å². The molecule has 0 fully saturated rings. The molecule has 1 aromatic rings. The van der Waals surface area contributed by atoms with Gasteiger partial charge in [0, 0.05) is 0 Å². The Morgan fingerprint density at radius 2 is 1.31 bits per heavy atom. The minimum absolute atomic E-state index is 0.146. The lowest BCUT2D eigenvalue weighted by Crippen LogP contribution is -2.44. The Hall–Kier alpha value is -0.995. The Kier molecular flexibility index (Phi) is 5.03. The minimum atomic E-state index is -1.01. The largest absolute Gasteiger partial charge is 0.509 e. The van der Waals surface area contributed by atoms with Crippen LogP contribution in [0.2, 0.25) is 0 Å². The van der Waals surface area contributed by atoms with Gasteiger partial charge < -0.3 is 15.3 Å². The van der Waals surface area contributed by atoms with Gasteiger partial charge >= 0.3 is 0 Å². The van der Waals surface area contributed by atoms with Crippen molar-refractivity contribution in [3.05, 3.63) is 24.3 Å². The topological polar surface area (TPSA) is 60.7 Å².